The summed E-state index contributed by atoms with van der Waals surface area (Å²) < 4.78 is 27.5. The highest BCUT2D eigenvalue weighted by molar-refractivity contribution is 5.29. The molecule has 3 heteroatoms. The maximum absolute atomic E-state index is 14.0. The van der Waals surface area contributed by atoms with E-state index in [1.165, 1.54) is 18.6 Å². The van der Waals surface area contributed by atoms with Crippen molar-refractivity contribution in [3.63, 3.8) is 0 Å². The van der Waals surface area contributed by atoms with Crippen molar-refractivity contribution < 1.29 is 8.78 Å². The van der Waals surface area contributed by atoms with Crippen LogP contribution in [0.25, 0.3) is 0 Å². The van der Waals surface area contributed by atoms with E-state index < -0.39 is 6.04 Å². The molecule has 1 fully saturated rings. The number of hydrogen-bond acceptors (Lipinski definition) is 1. The fourth-order valence-electron chi connectivity index (χ4n) is 2.95. The molecule has 1 aromatic carbocycles. The predicted octanol–water partition coefficient (Wildman–Crippen LogP) is 4.24. The van der Waals surface area contributed by atoms with E-state index in [4.69, 9.17) is 5.73 Å². The van der Waals surface area contributed by atoms with Gasteiger partial charge in [-0.25, -0.2) is 8.78 Å². The fraction of sp³-hybridized carbons (Fsp3) is 0.600. The van der Waals surface area contributed by atoms with Gasteiger partial charge in [-0.05, 0) is 42.9 Å². The molecule has 100 valence electrons. The molecule has 0 spiro atoms. The second kappa shape index (κ2) is 4.96. The first-order valence-corrected chi connectivity index (χ1v) is 6.65. The predicted molar refractivity (Wildman–Crippen MR) is 69.2 cm³/mol. The lowest BCUT2D eigenvalue weighted by molar-refractivity contribution is 0.167. The van der Waals surface area contributed by atoms with Crippen LogP contribution < -0.4 is 5.73 Å². The molecule has 2 rings (SSSR count). The Morgan fingerprint density at radius 1 is 1.11 bits per heavy atom. The maximum atomic E-state index is 14.0. The van der Waals surface area contributed by atoms with E-state index in [1.807, 2.05) is 0 Å². The molecule has 0 saturated heterocycles. The highest BCUT2D eigenvalue weighted by Crippen LogP contribution is 2.45. The molecule has 0 aliphatic heterocycles. The minimum Gasteiger partial charge on any atom is -0.323 e. The zero-order chi connectivity index (χ0) is 13.3. The Balaban J connectivity index is 2.33. The summed E-state index contributed by atoms with van der Waals surface area (Å²) in [5, 5.41) is 0. The van der Waals surface area contributed by atoms with Gasteiger partial charge in [-0.3, -0.25) is 0 Å². The topological polar surface area (TPSA) is 26.0 Å². The highest BCUT2D eigenvalue weighted by atomic mass is 19.1. The standard InChI is InChI=1S/C15H21F2N/c1-10-8-13(17)11(9-12(10)16)14(18)15(2)6-4-3-5-7-15/h8-9,14H,3-7,18H2,1-2H3. The highest BCUT2D eigenvalue weighted by Gasteiger charge is 2.35. The van der Waals surface area contributed by atoms with Crippen molar-refractivity contribution in [2.24, 2.45) is 11.1 Å². The summed E-state index contributed by atoms with van der Waals surface area (Å²) in [7, 11) is 0. The Hall–Kier alpha value is -0.960. The van der Waals surface area contributed by atoms with Gasteiger partial charge in [0.15, 0.2) is 0 Å². The summed E-state index contributed by atoms with van der Waals surface area (Å²) >= 11 is 0. The second-order valence-electron chi connectivity index (χ2n) is 5.82. The van der Waals surface area contributed by atoms with Crippen molar-refractivity contribution in [2.45, 2.75) is 52.0 Å². The van der Waals surface area contributed by atoms with Crippen LogP contribution >= 0.6 is 0 Å². The Kier molecular flexibility index (Phi) is 3.71. The van der Waals surface area contributed by atoms with E-state index >= 15 is 0 Å². The summed E-state index contributed by atoms with van der Waals surface area (Å²) in [4.78, 5) is 0. The molecule has 0 aromatic heterocycles. The quantitative estimate of drug-likeness (QED) is 0.838. The van der Waals surface area contributed by atoms with E-state index in [2.05, 4.69) is 6.92 Å². The van der Waals surface area contributed by atoms with Gasteiger partial charge in [0.25, 0.3) is 0 Å². The number of nitrogens with two attached hydrogens (primary N) is 1. The van der Waals surface area contributed by atoms with Crippen molar-refractivity contribution >= 4 is 0 Å². The number of hydrogen-bond donors (Lipinski definition) is 1. The summed E-state index contributed by atoms with van der Waals surface area (Å²) in [6.07, 6.45) is 5.44. The Bertz CT molecular complexity index is 436. The Morgan fingerprint density at radius 2 is 1.72 bits per heavy atom. The molecule has 2 N–H and O–H groups in total. The molecule has 1 unspecified atom stereocenters. The monoisotopic (exact) mass is 253 g/mol. The molecule has 0 bridgehead atoms. The van der Waals surface area contributed by atoms with Crippen molar-refractivity contribution in [1.29, 1.82) is 0 Å². The molecule has 0 amide bonds. The van der Waals surface area contributed by atoms with Gasteiger partial charge in [0.1, 0.15) is 11.6 Å². The number of halogens is 2. The first-order chi connectivity index (χ1) is 8.44. The number of rotatable bonds is 2. The minimum absolute atomic E-state index is 0.110. The summed E-state index contributed by atoms with van der Waals surface area (Å²) in [6, 6.07) is 2.10. The first-order valence-electron chi connectivity index (χ1n) is 6.65. The normalized spacial score (nSPS) is 20.7. The largest absolute Gasteiger partial charge is 0.323 e. The lowest BCUT2D eigenvalue weighted by atomic mass is 9.69. The van der Waals surface area contributed by atoms with Gasteiger partial charge in [0, 0.05) is 11.6 Å². The van der Waals surface area contributed by atoms with Crippen LogP contribution in [-0.4, -0.2) is 0 Å². The van der Waals surface area contributed by atoms with Gasteiger partial charge < -0.3 is 5.73 Å². The molecule has 0 heterocycles. The number of benzene rings is 1. The molecule has 0 radical (unpaired) electrons. The third kappa shape index (κ3) is 2.41. The van der Waals surface area contributed by atoms with E-state index in [1.54, 1.807) is 6.92 Å². The summed E-state index contributed by atoms with van der Waals surface area (Å²) in [6.45, 7) is 3.66. The van der Waals surface area contributed by atoms with Crippen molar-refractivity contribution in [3.05, 3.63) is 34.9 Å². The lowest BCUT2D eigenvalue weighted by Crippen LogP contribution is -2.34. The summed E-state index contributed by atoms with van der Waals surface area (Å²) in [5.74, 6) is -0.755. The number of aryl methyl sites for hydroxylation is 1. The Morgan fingerprint density at radius 3 is 2.33 bits per heavy atom. The molecule has 1 saturated carbocycles. The van der Waals surface area contributed by atoms with Crippen LogP contribution in [0.2, 0.25) is 0 Å². The third-order valence-electron chi connectivity index (χ3n) is 4.36. The zero-order valence-electron chi connectivity index (χ0n) is 11.1. The van der Waals surface area contributed by atoms with Gasteiger partial charge in [0.05, 0.1) is 0 Å². The van der Waals surface area contributed by atoms with Gasteiger partial charge in [0.2, 0.25) is 0 Å². The second-order valence-corrected chi connectivity index (χ2v) is 5.82. The SMILES string of the molecule is Cc1cc(F)c(C(N)C2(C)CCCCC2)cc1F. The maximum Gasteiger partial charge on any atom is 0.128 e. The molecule has 1 aromatic rings. The average molecular weight is 253 g/mol. The van der Waals surface area contributed by atoms with E-state index in [0.29, 0.717) is 11.1 Å². The minimum atomic E-state index is -0.423. The molecule has 1 nitrogen and oxygen atoms in total. The smallest absolute Gasteiger partial charge is 0.128 e. The van der Waals surface area contributed by atoms with Gasteiger partial charge in [-0.2, -0.15) is 0 Å². The van der Waals surface area contributed by atoms with Crippen LogP contribution in [0.15, 0.2) is 12.1 Å². The average Bonchev–Trinajstić information content (AvgIpc) is 2.34. The van der Waals surface area contributed by atoms with Crippen molar-refractivity contribution in [3.8, 4) is 0 Å². The summed E-state index contributed by atoms with van der Waals surface area (Å²) in [5.41, 5.74) is 6.76. The lowest BCUT2D eigenvalue weighted by Gasteiger charge is -2.39. The Labute approximate surface area is 107 Å². The van der Waals surface area contributed by atoms with Gasteiger partial charge in [-0.1, -0.05) is 26.2 Å². The van der Waals surface area contributed by atoms with Crippen LogP contribution in [0, 0.1) is 24.0 Å². The molecule has 1 aliphatic rings. The van der Waals surface area contributed by atoms with Crippen LogP contribution in [0.4, 0.5) is 8.78 Å². The first kappa shape index (κ1) is 13.5. The van der Waals surface area contributed by atoms with Crippen LogP contribution in [0.5, 0.6) is 0 Å². The van der Waals surface area contributed by atoms with Crippen LogP contribution in [0.3, 0.4) is 0 Å². The molecule has 18 heavy (non-hydrogen) atoms. The fourth-order valence-corrected chi connectivity index (χ4v) is 2.95. The van der Waals surface area contributed by atoms with Crippen LogP contribution in [0.1, 0.15) is 56.2 Å². The van der Waals surface area contributed by atoms with Crippen LogP contribution in [-0.2, 0) is 0 Å². The third-order valence-corrected chi connectivity index (χ3v) is 4.36. The van der Waals surface area contributed by atoms with Crippen molar-refractivity contribution in [2.75, 3.05) is 0 Å². The molecular weight excluding hydrogens is 232 g/mol. The molecular formula is C15H21F2N. The van der Waals surface area contributed by atoms with E-state index in [0.717, 1.165) is 25.7 Å². The molecule has 1 atom stereocenters. The zero-order valence-corrected chi connectivity index (χ0v) is 11.1. The molecule has 1 aliphatic carbocycles. The van der Waals surface area contributed by atoms with Gasteiger partial charge >= 0.3 is 0 Å². The van der Waals surface area contributed by atoms with E-state index in [-0.39, 0.29) is 17.0 Å². The van der Waals surface area contributed by atoms with E-state index in [9.17, 15) is 8.78 Å². The van der Waals surface area contributed by atoms with Crippen molar-refractivity contribution in [1.82, 2.24) is 0 Å². The van der Waals surface area contributed by atoms with Gasteiger partial charge in [-0.15, -0.1) is 0 Å².